The Hall–Kier alpha value is -1.37. The van der Waals surface area contributed by atoms with Crippen LogP contribution >= 0.6 is 0 Å². The molecular formula is C9H13NNaO5. The van der Waals surface area contributed by atoms with Crippen molar-refractivity contribution in [3.8, 4) is 0 Å². The minimum atomic E-state index is -0.981. The molecule has 0 aromatic rings. The first-order chi connectivity index (χ1) is 6.81. The second kappa shape index (κ2) is 19.2. The molecule has 16 heavy (non-hydrogen) atoms. The van der Waals surface area contributed by atoms with Crippen molar-refractivity contribution in [3.63, 3.8) is 0 Å². The van der Waals surface area contributed by atoms with Gasteiger partial charge >= 0.3 is 11.9 Å². The predicted octanol–water partition coefficient (Wildman–Crippen LogP) is -0.209. The minimum absolute atomic E-state index is 0. The molecule has 1 amide bonds. The van der Waals surface area contributed by atoms with Crippen LogP contribution in [0.3, 0.4) is 0 Å². The van der Waals surface area contributed by atoms with Crippen molar-refractivity contribution in [2.24, 2.45) is 5.73 Å². The van der Waals surface area contributed by atoms with Gasteiger partial charge in [-0.05, 0) is 6.08 Å². The third-order valence-electron chi connectivity index (χ3n) is 0.550. The van der Waals surface area contributed by atoms with Crippen LogP contribution in [0.15, 0.2) is 38.0 Å². The molecule has 0 heterocycles. The van der Waals surface area contributed by atoms with Crippen LogP contribution in [0.2, 0.25) is 0 Å². The van der Waals surface area contributed by atoms with E-state index in [1.807, 2.05) is 0 Å². The number of aliphatic carboxylic acids is 2. The van der Waals surface area contributed by atoms with Crippen LogP contribution in [0.1, 0.15) is 0 Å². The van der Waals surface area contributed by atoms with Crippen LogP contribution in [0.5, 0.6) is 0 Å². The molecule has 4 N–H and O–H groups in total. The summed E-state index contributed by atoms with van der Waals surface area (Å²) in [6, 6.07) is 0. The van der Waals surface area contributed by atoms with Crippen molar-refractivity contribution in [2.75, 3.05) is 0 Å². The summed E-state index contributed by atoms with van der Waals surface area (Å²) in [6.07, 6.45) is 2.72. The molecule has 1 radical (unpaired) electrons. The quantitative estimate of drug-likeness (QED) is 0.464. The van der Waals surface area contributed by atoms with Gasteiger partial charge in [0, 0.05) is 41.7 Å². The maximum absolute atomic E-state index is 9.47. The van der Waals surface area contributed by atoms with E-state index in [0.717, 1.165) is 18.2 Å². The zero-order valence-electron chi connectivity index (χ0n) is 9.05. The smallest absolute Gasteiger partial charge is 0.327 e. The topological polar surface area (TPSA) is 118 Å². The SMILES string of the molecule is C=CC(=O)O.C=CC(=O)O.C=CC(N)=O.[Na]. The Labute approximate surface area is 115 Å². The molecule has 0 rings (SSSR count). The summed E-state index contributed by atoms with van der Waals surface area (Å²) in [7, 11) is 0. The molecule has 0 atom stereocenters. The molecule has 0 fully saturated rings. The molecule has 0 spiro atoms. The fourth-order valence-electron chi connectivity index (χ4n) is 0. The van der Waals surface area contributed by atoms with E-state index < -0.39 is 17.8 Å². The van der Waals surface area contributed by atoms with Crippen molar-refractivity contribution in [2.45, 2.75) is 0 Å². The first kappa shape index (κ1) is 24.1. The number of hydrogen-bond acceptors (Lipinski definition) is 3. The number of carboxylic acid groups (broad SMARTS) is 2. The molecule has 0 aromatic heterocycles. The van der Waals surface area contributed by atoms with Gasteiger partial charge in [0.2, 0.25) is 5.91 Å². The van der Waals surface area contributed by atoms with Gasteiger partial charge < -0.3 is 15.9 Å². The number of rotatable bonds is 3. The number of amides is 1. The van der Waals surface area contributed by atoms with Gasteiger partial charge in [0.15, 0.2) is 0 Å². The van der Waals surface area contributed by atoms with E-state index in [9.17, 15) is 14.4 Å². The Kier molecular flexibility index (Phi) is 28.9. The van der Waals surface area contributed by atoms with Crippen LogP contribution < -0.4 is 5.73 Å². The van der Waals surface area contributed by atoms with Gasteiger partial charge in [-0.2, -0.15) is 0 Å². The maximum Gasteiger partial charge on any atom is 0.327 e. The first-order valence-corrected chi connectivity index (χ1v) is 3.44. The van der Waals surface area contributed by atoms with Gasteiger partial charge in [0.25, 0.3) is 0 Å². The third-order valence-corrected chi connectivity index (χ3v) is 0.550. The molecule has 0 aromatic carbocycles. The van der Waals surface area contributed by atoms with Gasteiger partial charge in [-0.3, -0.25) is 4.79 Å². The fourth-order valence-corrected chi connectivity index (χ4v) is 0. The van der Waals surface area contributed by atoms with Crippen molar-refractivity contribution >= 4 is 47.4 Å². The van der Waals surface area contributed by atoms with Crippen molar-refractivity contribution in [1.82, 2.24) is 0 Å². The Morgan fingerprint density at radius 1 is 0.875 bits per heavy atom. The minimum Gasteiger partial charge on any atom is -0.478 e. The zero-order chi connectivity index (χ0) is 12.9. The molecule has 0 saturated heterocycles. The summed E-state index contributed by atoms with van der Waals surface area (Å²) in [5, 5.41) is 15.2. The zero-order valence-corrected chi connectivity index (χ0v) is 11.0. The van der Waals surface area contributed by atoms with Crippen LogP contribution in [0.25, 0.3) is 0 Å². The van der Waals surface area contributed by atoms with Gasteiger partial charge in [0.05, 0.1) is 0 Å². The van der Waals surface area contributed by atoms with E-state index >= 15 is 0 Å². The fraction of sp³-hybridized carbons (Fsp3) is 0. The number of primary amides is 1. The van der Waals surface area contributed by atoms with Crippen molar-refractivity contribution < 1.29 is 24.6 Å². The van der Waals surface area contributed by atoms with Crippen LogP contribution in [-0.4, -0.2) is 57.6 Å². The molecular weight excluding hydrogens is 225 g/mol. The average molecular weight is 238 g/mol. The van der Waals surface area contributed by atoms with Crippen LogP contribution in [0.4, 0.5) is 0 Å². The van der Waals surface area contributed by atoms with Crippen molar-refractivity contribution in [3.05, 3.63) is 38.0 Å². The summed E-state index contributed by atoms with van der Waals surface area (Å²) in [6.45, 7) is 9.01. The first-order valence-electron chi connectivity index (χ1n) is 3.44. The Morgan fingerprint density at radius 2 is 1.00 bits per heavy atom. The monoisotopic (exact) mass is 238 g/mol. The van der Waals surface area contributed by atoms with E-state index in [0.29, 0.717) is 0 Å². The van der Waals surface area contributed by atoms with Crippen LogP contribution in [0, 0.1) is 0 Å². The van der Waals surface area contributed by atoms with Crippen LogP contribution in [-0.2, 0) is 14.4 Å². The number of carbonyl (C=O) groups is 3. The van der Waals surface area contributed by atoms with Gasteiger partial charge in [-0.15, -0.1) is 0 Å². The van der Waals surface area contributed by atoms with Gasteiger partial charge in [0.1, 0.15) is 0 Å². The van der Waals surface area contributed by atoms with Gasteiger partial charge in [-0.1, -0.05) is 19.7 Å². The average Bonchev–Trinajstić information content (AvgIpc) is 2.19. The summed E-state index contributed by atoms with van der Waals surface area (Å²) in [5.41, 5.74) is 4.53. The second-order valence-corrected chi connectivity index (χ2v) is 1.69. The number of hydrogen-bond donors (Lipinski definition) is 3. The summed E-state index contributed by atoms with van der Waals surface area (Å²) in [4.78, 5) is 28.0. The summed E-state index contributed by atoms with van der Waals surface area (Å²) < 4.78 is 0. The van der Waals surface area contributed by atoms with E-state index in [1.54, 1.807) is 0 Å². The Bertz CT molecular complexity index is 220. The Morgan fingerprint density at radius 3 is 1.00 bits per heavy atom. The van der Waals surface area contributed by atoms with Gasteiger partial charge in [-0.25, -0.2) is 9.59 Å². The molecule has 0 bridgehead atoms. The normalized spacial score (nSPS) is 6.00. The summed E-state index contributed by atoms with van der Waals surface area (Å²) in [5.74, 6) is -2.44. The molecule has 0 aliphatic carbocycles. The standard InChI is InChI=1S/C3H5NO.2C3H4O2.Na/c3*1-2-3(4)5;/h2H,1H2,(H2,4,5);2*2H,1H2,(H,4,5);. The molecule has 7 heteroatoms. The van der Waals surface area contributed by atoms with E-state index in [4.69, 9.17) is 10.2 Å². The van der Waals surface area contributed by atoms with E-state index in [1.165, 1.54) is 0 Å². The second-order valence-electron chi connectivity index (χ2n) is 1.69. The number of carboxylic acids is 2. The molecule has 0 aliphatic rings. The van der Waals surface area contributed by atoms with E-state index in [-0.39, 0.29) is 29.6 Å². The summed E-state index contributed by atoms with van der Waals surface area (Å²) >= 11 is 0. The molecule has 0 unspecified atom stereocenters. The largest absolute Gasteiger partial charge is 0.478 e. The van der Waals surface area contributed by atoms with Crippen molar-refractivity contribution in [1.29, 1.82) is 0 Å². The molecule has 85 valence electrons. The predicted molar refractivity (Wildman–Crippen MR) is 60.8 cm³/mol. The molecule has 6 nitrogen and oxygen atoms in total. The molecule has 0 aliphatic heterocycles. The maximum atomic E-state index is 9.47. The Balaban J connectivity index is -0.0000000655. The number of nitrogens with two attached hydrogens (primary N) is 1. The van der Waals surface area contributed by atoms with E-state index in [2.05, 4.69) is 25.5 Å². The third kappa shape index (κ3) is 79.7. The number of carbonyl (C=O) groups excluding carboxylic acids is 1. The molecule has 0 saturated carbocycles.